The van der Waals surface area contributed by atoms with E-state index in [0.29, 0.717) is 23.8 Å². The molecule has 3 rings (SSSR count). The summed E-state index contributed by atoms with van der Waals surface area (Å²) >= 11 is 0. The van der Waals surface area contributed by atoms with E-state index in [-0.39, 0.29) is 0 Å². The van der Waals surface area contributed by atoms with Crippen LogP contribution in [0.4, 0.5) is 5.82 Å². The zero-order chi connectivity index (χ0) is 13.2. The number of aromatic nitrogens is 1. The molecule has 0 aliphatic carbocycles. The molecule has 2 bridgehead atoms. The predicted molar refractivity (Wildman–Crippen MR) is 74.9 cm³/mol. The largest absolute Gasteiger partial charge is 0.354 e. The fourth-order valence-corrected chi connectivity index (χ4v) is 3.53. The molecule has 0 radical (unpaired) electrons. The van der Waals surface area contributed by atoms with Crippen LogP contribution in [-0.4, -0.2) is 29.7 Å². The van der Waals surface area contributed by atoms with Crippen molar-refractivity contribution in [3.63, 3.8) is 0 Å². The highest BCUT2D eigenvalue weighted by atomic mass is 15.2. The minimum atomic E-state index is 0.507. The van der Waals surface area contributed by atoms with Gasteiger partial charge in [0, 0.05) is 24.7 Å². The van der Waals surface area contributed by atoms with E-state index in [1.165, 1.54) is 25.7 Å². The molecule has 2 unspecified atom stereocenters. The Morgan fingerprint density at radius 3 is 2.74 bits per heavy atom. The van der Waals surface area contributed by atoms with Crippen molar-refractivity contribution in [2.45, 2.75) is 50.7 Å². The van der Waals surface area contributed by atoms with Gasteiger partial charge >= 0.3 is 0 Å². The minimum Gasteiger partial charge on any atom is -0.354 e. The van der Waals surface area contributed by atoms with Crippen LogP contribution in [0, 0.1) is 11.3 Å². The van der Waals surface area contributed by atoms with Crippen LogP contribution >= 0.6 is 0 Å². The summed E-state index contributed by atoms with van der Waals surface area (Å²) < 4.78 is 0. The van der Waals surface area contributed by atoms with E-state index in [1.54, 1.807) is 6.07 Å². The van der Waals surface area contributed by atoms with Crippen molar-refractivity contribution in [1.29, 1.82) is 5.26 Å². The number of fused-ring (bicyclic) bond motifs is 2. The Labute approximate surface area is 114 Å². The van der Waals surface area contributed by atoms with Gasteiger partial charge < -0.3 is 10.2 Å². The second kappa shape index (κ2) is 5.18. The molecule has 0 amide bonds. The van der Waals surface area contributed by atoms with E-state index in [9.17, 15) is 0 Å². The first-order chi connectivity index (χ1) is 9.30. The smallest absolute Gasteiger partial charge is 0.142 e. The third kappa shape index (κ3) is 2.43. The molecule has 2 aliphatic heterocycles. The van der Waals surface area contributed by atoms with Crippen LogP contribution in [-0.2, 0) is 0 Å². The van der Waals surface area contributed by atoms with Gasteiger partial charge in [-0.1, -0.05) is 6.07 Å². The van der Waals surface area contributed by atoms with Gasteiger partial charge in [-0.15, -0.1) is 0 Å². The number of nitriles is 1. The average Bonchev–Trinajstić information content (AvgIpc) is 2.79. The van der Waals surface area contributed by atoms with Gasteiger partial charge in [-0.2, -0.15) is 5.26 Å². The molecule has 0 spiro atoms. The Morgan fingerprint density at radius 1 is 1.37 bits per heavy atom. The summed E-state index contributed by atoms with van der Waals surface area (Å²) in [5.74, 6) is 0.952. The molecule has 0 aromatic carbocycles. The van der Waals surface area contributed by atoms with Gasteiger partial charge in [0.1, 0.15) is 17.6 Å². The number of rotatable bonds is 3. The number of hydrogen-bond acceptors (Lipinski definition) is 4. The number of nitrogens with zero attached hydrogens (tertiary/aromatic N) is 3. The lowest BCUT2D eigenvalue weighted by molar-refractivity contribution is 0.348. The first-order valence-electron chi connectivity index (χ1n) is 7.20. The highest BCUT2D eigenvalue weighted by Gasteiger charge is 2.36. The monoisotopic (exact) mass is 256 g/mol. The number of hydrogen-bond donors (Lipinski definition) is 1. The van der Waals surface area contributed by atoms with Gasteiger partial charge in [0.2, 0.25) is 0 Å². The normalized spacial score (nSPS) is 28.9. The molecule has 3 heterocycles. The molecule has 1 aromatic heterocycles. The Balaban J connectivity index is 1.82. The molecule has 1 aromatic rings. The molecule has 1 N–H and O–H groups in total. The maximum absolute atomic E-state index is 8.98. The SMILES string of the molecule is CCN(c1cccc(C#N)n1)C1CC2CCC(C1)N2. The third-order valence-electron chi connectivity index (χ3n) is 4.37. The van der Waals surface area contributed by atoms with Crippen LogP contribution in [0.25, 0.3) is 0 Å². The summed E-state index contributed by atoms with van der Waals surface area (Å²) in [7, 11) is 0. The number of pyridine rings is 1. The maximum Gasteiger partial charge on any atom is 0.142 e. The molecule has 2 saturated heterocycles. The van der Waals surface area contributed by atoms with Crippen molar-refractivity contribution in [2.24, 2.45) is 0 Å². The third-order valence-corrected chi connectivity index (χ3v) is 4.37. The van der Waals surface area contributed by atoms with Crippen LogP contribution in [0.3, 0.4) is 0 Å². The summed E-state index contributed by atoms with van der Waals surface area (Å²) in [6.07, 6.45) is 5.01. The molecule has 2 aliphatic rings. The van der Waals surface area contributed by atoms with E-state index in [0.717, 1.165) is 12.4 Å². The van der Waals surface area contributed by atoms with E-state index in [4.69, 9.17) is 5.26 Å². The van der Waals surface area contributed by atoms with Gasteiger partial charge in [0.25, 0.3) is 0 Å². The van der Waals surface area contributed by atoms with Crippen molar-refractivity contribution < 1.29 is 0 Å². The zero-order valence-corrected chi connectivity index (χ0v) is 11.3. The fraction of sp³-hybridized carbons (Fsp3) is 0.600. The van der Waals surface area contributed by atoms with Crippen LogP contribution < -0.4 is 10.2 Å². The molecule has 4 nitrogen and oxygen atoms in total. The molecule has 100 valence electrons. The standard InChI is InChI=1S/C15H20N4/c1-2-19(15-5-3-4-13(10-16)18-15)14-8-11-6-7-12(9-14)17-11/h3-5,11-12,14,17H,2,6-9H2,1H3. The Bertz CT molecular complexity index is 481. The topological polar surface area (TPSA) is 52.0 Å². The molecule has 4 heteroatoms. The van der Waals surface area contributed by atoms with Gasteiger partial charge in [-0.25, -0.2) is 4.98 Å². The summed E-state index contributed by atoms with van der Waals surface area (Å²) in [5, 5.41) is 12.7. The molecule has 19 heavy (non-hydrogen) atoms. The highest BCUT2D eigenvalue weighted by molar-refractivity contribution is 5.43. The molecule has 0 saturated carbocycles. The van der Waals surface area contributed by atoms with Crippen molar-refractivity contribution in [2.75, 3.05) is 11.4 Å². The van der Waals surface area contributed by atoms with Crippen LogP contribution in [0.1, 0.15) is 38.3 Å². The summed E-state index contributed by atoms with van der Waals surface area (Å²) in [4.78, 5) is 6.82. The minimum absolute atomic E-state index is 0.507. The average molecular weight is 256 g/mol. The first-order valence-corrected chi connectivity index (χ1v) is 7.20. The van der Waals surface area contributed by atoms with Crippen molar-refractivity contribution in [1.82, 2.24) is 10.3 Å². The molecular weight excluding hydrogens is 236 g/mol. The van der Waals surface area contributed by atoms with E-state index >= 15 is 0 Å². The van der Waals surface area contributed by atoms with Crippen LogP contribution in [0.2, 0.25) is 0 Å². The zero-order valence-electron chi connectivity index (χ0n) is 11.3. The van der Waals surface area contributed by atoms with Gasteiger partial charge in [-0.3, -0.25) is 0 Å². The van der Waals surface area contributed by atoms with Crippen molar-refractivity contribution in [3.8, 4) is 6.07 Å². The fourth-order valence-electron chi connectivity index (χ4n) is 3.53. The lowest BCUT2D eigenvalue weighted by Gasteiger charge is -2.38. The second-order valence-electron chi connectivity index (χ2n) is 5.54. The summed E-state index contributed by atoms with van der Waals surface area (Å²) in [6, 6.07) is 9.76. The van der Waals surface area contributed by atoms with Gasteiger partial charge in [0.15, 0.2) is 0 Å². The van der Waals surface area contributed by atoms with Gasteiger partial charge in [0.05, 0.1) is 0 Å². The molecular formula is C15H20N4. The van der Waals surface area contributed by atoms with Crippen LogP contribution in [0.15, 0.2) is 18.2 Å². The number of piperidine rings is 1. The summed E-state index contributed by atoms with van der Waals surface area (Å²) in [5.41, 5.74) is 0.507. The Kier molecular flexibility index (Phi) is 3.39. The Morgan fingerprint density at radius 2 is 2.11 bits per heavy atom. The van der Waals surface area contributed by atoms with E-state index < -0.39 is 0 Å². The Hall–Kier alpha value is -1.60. The maximum atomic E-state index is 8.98. The lowest BCUT2D eigenvalue weighted by atomic mass is 9.98. The van der Waals surface area contributed by atoms with Crippen molar-refractivity contribution >= 4 is 5.82 Å². The highest BCUT2D eigenvalue weighted by Crippen LogP contribution is 2.31. The van der Waals surface area contributed by atoms with Crippen molar-refractivity contribution in [3.05, 3.63) is 23.9 Å². The predicted octanol–water partition coefficient (Wildman–Crippen LogP) is 2.06. The van der Waals surface area contributed by atoms with E-state index in [2.05, 4.69) is 28.2 Å². The van der Waals surface area contributed by atoms with Gasteiger partial charge in [-0.05, 0) is 44.7 Å². The van der Waals surface area contributed by atoms with Crippen LogP contribution in [0.5, 0.6) is 0 Å². The molecule has 2 fully saturated rings. The number of anilines is 1. The number of nitrogens with one attached hydrogen (secondary N) is 1. The second-order valence-corrected chi connectivity index (χ2v) is 5.54. The lowest BCUT2D eigenvalue weighted by Crippen LogP contribution is -2.48. The summed E-state index contributed by atoms with van der Waals surface area (Å²) in [6.45, 7) is 3.12. The van der Waals surface area contributed by atoms with E-state index in [1.807, 2.05) is 12.1 Å². The quantitative estimate of drug-likeness (QED) is 0.899. The molecule has 2 atom stereocenters. The first kappa shape index (κ1) is 12.4.